The van der Waals surface area contributed by atoms with Crippen molar-refractivity contribution in [2.45, 2.75) is 19.4 Å². The van der Waals surface area contributed by atoms with E-state index in [2.05, 4.69) is 4.90 Å². The average molecular weight is 249 g/mol. The van der Waals surface area contributed by atoms with Gasteiger partial charge in [-0.1, -0.05) is 12.1 Å². The predicted molar refractivity (Wildman–Crippen MR) is 68.5 cm³/mol. The maximum absolute atomic E-state index is 10.9. The fourth-order valence-electron chi connectivity index (χ4n) is 2.39. The maximum atomic E-state index is 10.9. The molecule has 0 spiro atoms. The first kappa shape index (κ1) is 13.1. The van der Waals surface area contributed by atoms with Gasteiger partial charge >= 0.3 is 5.97 Å². The lowest BCUT2D eigenvalue weighted by Gasteiger charge is -2.31. The molecule has 98 valence electrons. The molecule has 1 heterocycles. The van der Waals surface area contributed by atoms with Gasteiger partial charge in [0.15, 0.2) is 0 Å². The van der Waals surface area contributed by atoms with E-state index >= 15 is 0 Å². The minimum Gasteiger partial charge on any atom is -0.478 e. The van der Waals surface area contributed by atoms with Crippen LogP contribution < -0.4 is 0 Å². The lowest BCUT2D eigenvalue weighted by Crippen LogP contribution is -2.34. The average Bonchev–Trinajstić information content (AvgIpc) is 2.40. The third kappa shape index (κ3) is 3.31. The molecule has 2 rings (SSSR count). The molecule has 0 atom stereocenters. The first-order chi connectivity index (χ1) is 8.69. The maximum Gasteiger partial charge on any atom is 0.335 e. The highest BCUT2D eigenvalue weighted by molar-refractivity contribution is 5.87. The molecule has 4 nitrogen and oxygen atoms in total. The van der Waals surface area contributed by atoms with E-state index in [1.807, 2.05) is 6.07 Å². The normalized spacial score (nSPS) is 17.8. The number of carboxylic acid groups (broad SMARTS) is 1. The molecule has 0 radical (unpaired) electrons. The van der Waals surface area contributed by atoms with Gasteiger partial charge < -0.3 is 10.2 Å². The highest BCUT2D eigenvalue weighted by Gasteiger charge is 2.18. The van der Waals surface area contributed by atoms with Crippen LogP contribution in [0.5, 0.6) is 0 Å². The SMILES string of the molecule is O=C(O)c1cccc(CN2CCC(CO)CC2)c1. The standard InChI is InChI=1S/C14H19NO3/c16-10-11-4-6-15(7-5-11)9-12-2-1-3-13(8-12)14(17)18/h1-3,8,11,16H,4-7,9-10H2,(H,17,18). The quantitative estimate of drug-likeness (QED) is 0.850. The van der Waals surface area contributed by atoms with Gasteiger partial charge in [-0.2, -0.15) is 0 Å². The molecule has 0 aromatic heterocycles. The van der Waals surface area contributed by atoms with Gasteiger partial charge in [-0.05, 0) is 49.5 Å². The molecule has 1 aliphatic rings. The summed E-state index contributed by atoms with van der Waals surface area (Å²) in [6.07, 6.45) is 2.05. The molecule has 0 saturated carbocycles. The Hall–Kier alpha value is -1.39. The van der Waals surface area contributed by atoms with Crippen LogP contribution in [0.3, 0.4) is 0 Å². The van der Waals surface area contributed by atoms with Crippen LogP contribution in [0.2, 0.25) is 0 Å². The van der Waals surface area contributed by atoms with Crippen molar-refractivity contribution < 1.29 is 15.0 Å². The van der Waals surface area contributed by atoms with Crippen LogP contribution in [0.1, 0.15) is 28.8 Å². The van der Waals surface area contributed by atoms with Crippen molar-refractivity contribution in [3.05, 3.63) is 35.4 Å². The summed E-state index contributed by atoms with van der Waals surface area (Å²) in [5.41, 5.74) is 1.38. The minimum atomic E-state index is -0.879. The zero-order valence-corrected chi connectivity index (χ0v) is 10.4. The number of piperidine rings is 1. The number of nitrogens with zero attached hydrogens (tertiary/aromatic N) is 1. The van der Waals surface area contributed by atoms with Gasteiger partial charge in [0, 0.05) is 13.2 Å². The number of rotatable bonds is 4. The second kappa shape index (κ2) is 5.98. The van der Waals surface area contributed by atoms with Crippen molar-refractivity contribution in [3.63, 3.8) is 0 Å². The Labute approximate surface area is 107 Å². The molecule has 0 unspecified atom stereocenters. The Bertz CT molecular complexity index is 411. The second-order valence-electron chi connectivity index (χ2n) is 4.91. The molecular formula is C14H19NO3. The first-order valence-corrected chi connectivity index (χ1v) is 6.34. The lowest BCUT2D eigenvalue weighted by atomic mass is 9.97. The molecule has 0 bridgehead atoms. The third-order valence-electron chi connectivity index (χ3n) is 3.55. The van der Waals surface area contributed by atoms with Crippen LogP contribution in [-0.4, -0.2) is 40.8 Å². The number of aliphatic hydroxyl groups excluding tert-OH is 1. The molecule has 0 aliphatic carbocycles. The number of carbonyl (C=O) groups is 1. The summed E-state index contributed by atoms with van der Waals surface area (Å²) < 4.78 is 0. The molecule has 1 aliphatic heterocycles. The van der Waals surface area contributed by atoms with E-state index in [0.29, 0.717) is 11.5 Å². The van der Waals surface area contributed by atoms with Gasteiger partial charge in [0.05, 0.1) is 5.56 Å². The number of hydrogen-bond donors (Lipinski definition) is 2. The Kier molecular flexibility index (Phi) is 4.33. The highest BCUT2D eigenvalue weighted by atomic mass is 16.4. The van der Waals surface area contributed by atoms with Crippen molar-refractivity contribution in [1.82, 2.24) is 4.90 Å². The zero-order chi connectivity index (χ0) is 13.0. The van der Waals surface area contributed by atoms with Crippen LogP contribution in [0, 0.1) is 5.92 Å². The largest absolute Gasteiger partial charge is 0.478 e. The molecule has 18 heavy (non-hydrogen) atoms. The van der Waals surface area contributed by atoms with Gasteiger partial charge in [-0.15, -0.1) is 0 Å². The summed E-state index contributed by atoms with van der Waals surface area (Å²) in [6.45, 7) is 3.02. The van der Waals surface area contributed by atoms with Crippen LogP contribution in [0.4, 0.5) is 0 Å². The smallest absolute Gasteiger partial charge is 0.335 e. The number of hydrogen-bond acceptors (Lipinski definition) is 3. The number of aromatic carboxylic acids is 1. The number of benzene rings is 1. The van der Waals surface area contributed by atoms with Gasteiger partial charge in [-0.25, -0.2) is 4.79 Å². The summed E-state index contributed by atoms with van der Waals surface area (Å²) in [6, 6.07) is 7.11. The van der Waals surface area contributed by atoms with Gasteiger partial charge in [0.2, 0.25) is 0 Å². The Morgan fingerprint density at radius 2 is 2.06 bits per heavy atom. The highest BCUT2D eigenvalue weighted by Crippen LogP contribution is 2.18. The fourth-order valence-corrected chi connectivity index (χ4v) is 2.39. The lowest BCUT2D eigenvalue weighted by molar-refractivity contribution is 0.0696. The van der Waals surface area contributed by atoms with Crippen LogP contribution in [0.15, 0.2) is 24.3 Å². The fraction of sp³-hybridized carbons (Fsp3) is 0.500. The molecule has 1 fully saturated rings. The summed E-state index contributed by atoms with van der Waals surface area (Å²) >= 11 is 0. The van der Waals surface area contributed by atoms with Gasteiger partial charge in [0.1, 0.15) is 0 Å². The van der Waals surface area contributed by atoms with Crippen LogP contribution in [0.25, 0.3) is 0 Å². The number of likely N-dealkylation sites (tertiary alicyclic amines) is 1. The van der Waals surface area contributed by atoms with Crippen molar-refractivity contribution in [2.24, 2.45) is 5.92 Å². The topological polar surface area (TPSA) is 60.8 Å². The van der Waals surface area contributed by atoms with Crippen LogP contribution >= 0.6 is 0 Å². The Balaban J connectivity index is 1.94. The van der Waals surface area contributed by atoms with E-state index in [1.165, 1.54) is 0 Å². The van der Waals surface area contributed by atoms with Crippen molar-refractivity contribution in [3.8, 4) is 0 Å². The number of carboxylic acids is 1. The van der Waals surface area contributed by atoms with Crippen molar-refractivity contribution in [1.29, 1.82) is 0 Å². The molecular weight excluding hydrogens is 230 g/mol. The molecule has 1 aromatic rings. The summed E-state index contributed by atoms with van der Waals surface area (Å²) in [4.78, 5) is 13.2. The Morgan fingerprint density at radius 1 is 1.33 bits per heavy atom. The predicted octanol–water partition coefficient (Wildman–Crippen LogP) is 1.59. The zero-order valence-electron chi connectivity index (χ0n) is 10.4. The van der Waals surface area contributed by atoms with Crippen molar-refractivity contribution in [2.75, 3.05) is 19.7 Å². The summed E-state index contributed by atoms with van der Waals surface area (Å²) in [7, 11) is 0. The van der Waals surface area contributed by atoms with Crippen molar-refractivity contribution >= 4 is 5.97 Å². The molecule has 2 N–H and O–H groups in total. The van der Waals surface area contributed by atoms with Crippen LogP contribution in [-0.2, 0) is 6.54 Å². The van der Waals surface area contributed by atoms with E-state index in [0.717, 1.165) is 38.0 Å². The Morgan fingerprint density at radius 3 is 2.67 bits per heavy atom. The summed E-state index contributed by atoms with van der Waals surface area (Å²) in [5.74, 6) is -0.442. The second-order valence-corrected chi connectivity index (χ2v) is 4.91. The molecule has 0 amide bonds. The van der Waals surface area contributed by atoms with E-state index < -0.39 is 5.97 Å². The monoisotopic (exact) mass is 249 g/mol. The summed E-state index contributed by atoms with van der Waals surface area (Å²) in [5, 5.41) is 18.0. The van der Waals surface area contributed by atoms with E-state index in [1.54, 1.807) is 18.2 Å². The molecule has 1 aromatic carbocycles. The van der Waals surface area contributed by atoms with Gasteiger partial charge in [0.25, 0.3) is 0 Å². The number of aliphatic hydroxyl groups is 1. The first-order valence-electron chi connectivity index (χ1n) is 6.34. The van der Waals surface area contributed by atoms with E-state index in [9.17, 15) is 4.79 Å². The van der Waals surface area contributed by atoms with E-state index in [-0.39, 0.29) is 6.61 Å². The molecule has 4 heteroatoms. The molecule has 1 saturated heterocycles. The van der Waals surface area contributed by atoms with E-state index in [4.69, 9.17) is 10.2 Å². The third-order valence-corrected chi connectivity index (χ3v) is 3.55. The van der Waals surface area contributed by atoms with Gasteiger partial charge in [-0.3, -0.25) is 4.90 Å². The minimum absolute atomic E-state index is 0.280.